The third kappa shape index (κ3) is 7.73. The van der Waals surface area contributed by atoms with Gasteiger partial charge < -0.3 is 11.5 Å². The molecule has 0 saturated heterocycles. The van der Waals surface area contributed by atoms with Crippen LogP contribution in [0.2, 0.25) is 0 Å². The highest BCUT2D eigenvalue weighted by Gasteiger charge is 2.22. The third-order valence-corrected chi connectivity index (χ3v) is 7.67. The zero-order chi connectivity index (χ0) is 26.1. The summed E-state index contributed by atoms with van der Waals surface area (Å²) in [5, 5.41) is 0. The minimum atomic E-state index is -0.0125. The van der Waals surface area contributed by atoms with Crippen LogP contribution in [0.1, 0.15) is 72.9 Å². The summed E-state index contributed by atoms with van der Waals surface area (Å²) in [4.78, 5) is 0. The fraction of sp³-hybridized carbons (Fsp3) is 0.314. The van der Waals surface area contributed by atoms with E-state index in [4.69, 9.17) is 11.5 Å². The minimum absolute atomic E-state index is 0.0125. The van der Waals surface area contributed by atoms with Crippen molar-refractivity contribution in [2.24, 2.45) is 0 Å². The molecule has 0 radical (unpaired) electrons. The maximum Gasteiger partial charge on any atom is 0.0314 e. The van der Waals surface area contributed by atoms with Crippen LogP contribution in [0, 0.1) is 0 Å². The van der Waals surface area contributed by atoms with Gasteiger partial charge in [-0.2, -0.15) is 0 Å². The average Bonchev–Trinajstić information content (AvgIpc) is 2.92. The Morgan fingerprint density at radius 1 is 0.405 bits per heavy atom. The Balaban J connectivity index is 1.23. The lowest BCUT2D eigenvalue weighted by Gasteiger charge is -2.26. The number of aryl methyl sites for hydroxylation is 4. The molecule has 37 heavy (non-hydrogen) atoms. The summed E-state index contributed by atoms with van der Waals surface area (Å²) < 4.78 is 0. The van der Waals surface area contributed by atoms with Gasteiger partial charge in [0.25, 0.3) is 0 Å². The van der Waals surface area contributed by atoms with Gasteiger partial charge in [0.05, 0.1) is 0 Å². The Morgan fingerprint density at radius 2 is 0.649 bits per heavy atom. The first kappa shape index (κ1) is 26.5. The monoisotopic (exact) mass is 490 g/mol. The van der Waals surface area contributed by atoms with Gasteiger partial charge in [-0.1, -0.05) is 86.6 Å². The highest BCUT2D eigenvalue weighted by Crippen LogP contribution is 2.32. The van der Waals surface area contributed by atoms with Crippen LogP contribution in [0.25, 0.3) is 0 Å². The molecule has 192 valence electrons. The zero-order valence-electron chi connectivity index (χ0n) is 22.5. The van der Waals surface area contributed by atoms with E-state index in [1.807, 2.05) is 24.3 Å². The molecule has 0 bridgehead atoms. The van der Waals surface area contributed by atoms with Crippen LogP contribution >= 0.6 is 0 Å². The van der Waals surface area contributed by atoms with Gasteiger partial charge in [0, 0.05) is 16.8 Å². The molecule has 0 saturated carbocycles. The van der Waals surface area contributed by atoms with E-state index < -0.39 is 0 Å². The molecule has 0 heterocycles. The van der Waals surface area contributed by atoms with Crippen LogP contribution in [0.15, 0.2) is 97.1 Å². The molecule has 4 aromatic carbocycles. The average molecular weight is 491 g/mol. The van der Waals surface area contributed by atoms with Crippen LogP contribution in [0.5, 0.6) is 0 Å². The van der Waals surface area contributed by atoms with Crippen LogP contribution < -0.4 is 11.5 Å². The molecule has 4 rings (SSSR count). The lowest BCUT2D eigenvalue weighted by Crippen LogP contribution is -2.18. The van der Waals surface area contributed by atoms with Gasteiger partial charge in [-0.25, -0.2) is 0 Å². The Hall–Kier alpha value is -3.52. The largest absolute Gasteiger partial charge is 0.399 e. The second-order valence-electron chi connectivity index (χ2n) is 10.9. The molecule has 0 amide bonds. The summed E-state index contributed by atoms with van der Waals surface area (Å²) in [6.45, 7) is 4.66. The predicted octanol–water partition coefficient (Wildman–Crippen LogP) is 8.31. The molecule has 2 heteroatoms. The molecule has 0 atom stereocenters. The maximum absolute atomic E-state index is 5.78. The number of unbranched alkanes of at least 4 members (excludes halogenated alkanes) is 2. The predicted molar refractivity (Wildman–Crippen MR) is 160 cm³/mol. The first-order valence-electron chi connectivity index (χ1n) is 13.8. The number of benzene rings is 4. The zero-order valence-corrected chi connectivity index (χ0v) is 22.5. The number of nitrogens with two attached hydrogens (primary N) is 2. The summed E-state index contributed by atoms with van der Waals surface area (Å²) in [6.07, 6.45) is 9.29. The summed E-state index contributed by atoms with van der Waals surface area (Å²) in [5.41, 5.74) is 21.6. The summed E-state index contributed by atoms with van der Waals surface area (Å²) in [6, 6.07) is 35.1. The lowest BCUT2D eigenvalue weighted by molar-refractivity contribution is 0.639. The molecule has 2 nitrogen and oxygen atoms in total. The van der Waals surface area contributed by atoms with Gasteiger partial charge in [0.2, 0.25) is 0 Å². The van der Waals surface area contributed by atoms with Gasteiger partial charge in [0.15, 0.2) is 0 Å². The molecular formula is C35H42N2. The van der Waals surface area contributed by atoms with E-state index in [9.17, 15) is 0 Å². The minimum Gasteiger partial charge on any atom is -0.399 e. The van der Waals surface area contributed by atoms with Crippen molar-refractivity contribution >= 4 is 11.4 Å². The maximum atomic E-state index is 5.78. The Labute approximate surface area is 223 Å². The third-order valence-electron chi connectivity index (χ3n) is 7.67. The van der Waals surface area contributed by atoms with Crippen molar-refractivity contribution in [3.63, 3.8) is 0 Å². The van der Waals surface area contributed by atoms with E-state index in [2.05, 4.69) is 86.6 Å². The Morgan fingerprint density at radius 3 is 0.919 bits per heavy atom. The smallest absolute Gasteiger partial charge is 0.0314 e. The second-order valence-corrected chi connectivity index (χ2v) is 10.9. The topological polar surface area (TPSA) is 52.0 Å². The highest BCUT2D eigenvalue weighted by atomic mass is 14.5. The van der Waals surface area contributed by atoms with E-state index in [1.165, 1.54) is 59.1 Å². The molecule has 4 N–H and O–H groups in total. The fourth-order valence-corrected chi connectivity index (χ4v) is 5.03. The number of hydrogen-bond donors (Lipinski definition) is 2. The summed E-state index contributed by atoms with van der Waals surface area (Å²) in [5.74, 6) is 0. The van der Waals surface area contributed by atoms with Crippen LogP contribution in [-0.2, 0) is 31.1 Å². The number of hydrogen-bond acceptors (Lipinski definition) is 2. The quantitative estimate of drug-likeness (QED) is 0.155. The Kier molecular flexibility index (Phi) is 9.06. The van der Waals surface area contributed by atoms with E-state index in [1.54, 1.807) is 0 Å². The van der Waals surface area contributed by atoms with Gasteiger partial charge in [0.1, 0.15) is 0 Å². The van der Waals surface area contributed by atoms with E-state index in [-0.39, 0.29) is 5.41 Å². The number of anilines is 2. The first-order chi connectivity index (χ1) is 17.9. The summed E-state index contributed by atoms with van der Waals surface area (Å²) >= 11 is 0. The van der Waals surface area contributed by atoms with Crippen LogP contribution in [-0.4, -0.2) is 0 Å². The molecule has 0 aromatic heterocycles. The highest BCUT2D eigenvalue weighted by molar-refractivity contribution is 5.41. The molecule has 0 aliphatic rings. The SMILES string of the molecule is CC(C)(c1ccc(CCCCc2ccc(N)cc2)cc1)c1ccc(CCCCc2ccc(N)cc2)cc1. The molecule has 0 unspecified atom stereocenters. The number of nitrogen functional groups attached to an aromatic ring is 2. The van der Waals surface area contributed by atoms with Gasteiger partial charge in [-0.05, 0) is 109 Å². The molecule has 0 spiro atoms. The second kappa shape index (κ2) is 12.6. The van der Waals surface area contributed by atoms with Crippen LogP contribution in [0.4, 0.5) is 11.4 Å². The standard InChI is InChI=1S/C35H42N2/c1-35(2,31-19-11-27(12-20-31)7-3-5-9-29-15-23-33(36)24-16-29)32-21-13-28(14-22-32)8-4-6-10-30-17-25-34(37)26-18-30/h11-26H,3-10,36-37H2,1-2H3. The number of rotatable bonds is 12. The van der Waals surface area contributed by atoms with Crippen molar-refractivity contribution in [3.8, 4) is 0 Å². The molecule has 4 aromatic rings. The van der Waals surface area contributed by atoms with Gasteiger partial charge in [-0.3, -0.25) is 0 Å². The van der Waals surface area contributed by atoms with Gasteiger partial charge in [-0.15, -0.1) is 0 Å². The van der Waals surface area contributed by atoms with Crippen molar-refractivity contribution in [1.82, 2.24) is 0 Å². The Bertz CT molecular complexity index is 1120. The normalized spacial score (nSPS) is 11.5. The summed E-state index contributed by atoms with van der Waals surface area (Å²) in [7, 11) is 0. The van der Waals surface area contributed by atoms with E-state index >= 15 is 0 Å². The molecule has 0 fully saturated rings. The first-order valence-corrected chi connectivity index (χ1v) is 13.8. The molecule has 0 aliphatic heterocycles. The van der Waals surface area contributed by atoms with Crippen molar-refractivity contribution in [2.75, 3.05) is 11.5 Å². The van der Waals surface area contributed by atoms with E-state index in [0.29, 0.717) is 0 Å². The van der Waals surface area contributed by atoms with Crippen molar-refractivity contribution in [2.45, 2.75) is 70.6 Å². The van der Waals surface area contributed by atoms with E-state index in [0.717, 1.165) is 37.1 Å². The molecular weight excluding hydrogens is 448 g/mol. The van der Waals surface area contributed by atoms with Crippen molar-refractivity contribution in [3.05, 3.63) is 130 Å². The lowest BCUT2D eigenvalue weighted by atomic mass is 9.77. The molecule has 0 aliphatic carbocycles. The fourth-order valence-electron chi connectivity index (χ4n) is 5.03. The van der Waals surface area contributed by atoms with Crippen molar-refractivity contribution < 1.29 is 0 Å². The van der Waals surface area contributed by atoms with Gasteiger partial charge >= 0.3 is 0 Å². The van der Waals surface area contributed by atoms with Crippen LogP contribution in [0.3, 0.4) is 0 Å². The van der Waals surface area contributed by atoms with Crippen molar-refractivity contribution in [1.29, 1.82) is 0 Å².